The van der Waals surface area contributed by atoms with Crippen LogP contribution in [-0.2, 0) is 25.3 Å². The molecule has 0 radical (unpaired) electrons. The summed E-state index contributed by atoms with van der Waals surface area (Å²) < 4.78 is 43.1. The standard InChI is InChI=1S/C21H20ClF3N2O4/c1-12-7-13(2)9-15(8-12)26-19(29)11-31-20(30)6-5-18(28)27-17-10-14(21(23,24)25)3-4-16(17)22/h3-4,7-10H,5-6,11H2,1-2H3,(H,26,29)(H,27,28). The number of halogens is 4. The molecule has 0 aliphatic carbocycles. The lowest BCUT2D eigenvalue weighted by Crippen LogP contribution is -2.22. The molecule has 0 unspecified atom stereocenters. The molecule has 2 rings (SSSR count). The van der Waals surface area contributed by atoms with E-state index >= 15 is 0 Å². The lowest BCUT2D eigenvalue weighted by atomic mass is 10.1. The largest absolute Gasteiger partial charge is 0.456 e. The van der Waals surface area contributed by atoms with Gasteiger partial charge in [0, 0.05) is 12.1 Å². The van der Waals surface area contributed by atoms with Crippen molar-refractivity contribution >= 4 is 40.8 Å². The van der Waals surface area contributed by atoms with E-state index in [0.29, 0.717) is 11.8 Å². The second-order valence-electron chi connectivity index (χ2n) is 6.83. The zero-order chi connectivity index (χ0) is 23.2. The first-order valence-corrected chi connectivity index (χ1v) is 9.52. The molecule has 2 N–H and O–H groups in total. The van der Waals surface area contributed by atoms with Crippen LogP contribution in [0.1, 0.15) is 29.5 Å². The summed E-state index contributed by atoms with van der Waals surface area (Å²) in [7, 11) is 0. The van der Waals surface area contributed by atoms with Crippen molar-refractivity contribution in [2.75, 3.05) is 17.2 Å². The van der Waals surface area contributed by atoms with Gasteiger partial charge >= 0.3 is 12.1 Å². The number of hydrogen-bond donors (Lipinski definition) is 2. The third kappa shape index (κ3) is 7.93. The number of alkyl halides is 3. The van der Waals surface area contributed by atoms with Crippen molar-refractivity contribution in [2.45, 2.75) is 32.9 Å². The minimum Gasteiger partial charge on any atom is -0.456 e. The van der Waals surface area contributed by atoms with Gasteiger partial charge in [-0.3, -0.25) is 14.4 Å². The van der Waals surface area contributed by atoms with E-state index in [2.05, 4.69) is 10.6 Å². The van der Waals surface area contributed by atoms with Crippen molar-refractivity contribution in [3.05, 3.63) is 58.1 Å². The molecule has 2 aromatic rings. The van der Waals surface area contributed by atoms with Crippen LogP contribution in [0.2, 0.25) is 5.02 Å². The summed E-state index contributed by atoms with van der Waals surface area (Å²) in [4.78, 5) is 35.6. The Labute approximate surface area is 181 Å². The number of carbonyl (C=O) groups excluding carboxylic acids is 3. The smallest absolute Gasteiger partial charge is 0.416 e. The van der Waals surface area contributed by atoms with E-state index in [9.17, 15) is 27.6 Å². The number of rotatable bonds is 7. The molecule has 0 aromatic heterocycles. The Hall–Kier alpha value is -3.07. The van der Waals surface area contributed by atoms with Gasteiger partial charge in [-0.05, 0) is 55.3 Å². The predicted octanol–water partition coefficient (Wildman–Crippen LogP) is 4.88. The first-order chi connectivity index (χ1) is 14.4. The molecule has 0 heterocycles. The summed E-state index contributed by atoms with van der Waals surface area (Å²) in [6.07, 6.45) is -5.31. The number of nitrogens with one attached hydrogen (secondary N) is 2. The van der Waals surface area contributed by atoms with Gasteiger partial charge < -0.3 is 15.4 Å². The summed E-state index contributed by atoms with van der Waals surface area (Å²) in [5.74, 6) is -2.07. The SMILES string of the molecule is Cc1cc(C)cc(NC(=O)COC(=O)CCC(=O)Nc2cc(C(F)(F)F)ccc2Cl)c1. The zero-order valence-electron chi connectivity index (χ0n) is 16.7. The normalized spacial score (nSPS) is 11.0. The van der Waals surface area contributed by atoms with Gasteiger partial charge in [-0.15, -0.1) is 0 Å². The molecule has 2 aromatic carbocycles. The third-order valence-electron chi connectivity index (χ3n) is 3.99. The van der Waals surface area contributed by atoms with Gasteiger partial charge in [-0.2, -0.15) is 13.2 Å². The number of hydrogen-bond acceptors (Lipinski definition) is 4. The van der Waals surface area contributed by atoms with E-state index in [1.807, 2.05) is 19.9 Å². The molecule has 31 heavy (non-hydrogen) atoms. The van der Waals surface area contributed by atoms with Crippen LogP contribution >= 0.6 is 11.6 Å². The van der Waals surface area contributed by atoms with Gasteiger partial charge in [0.1, 0.15) is 0 Å². The Morgan fingerprint density at radius 3 is 2.19 bits per heavy atom. The predicted molar refractivity (Wildman–Crippen MR) is 110 cm³/mol. The Morgan fingerprint density at radius 2 is 1.58 bits per heavy atom. The van der Waals surface area contributed by atoms with Gasteiger partial charge in [0.25, 0.3) is 5.91 Å². The maximum absolute atomic E-state index is 12.8. The van der Waals surface area contributed by atoms with E-state index in [-0.39, 0.29) is 23.6 Å². The van der Waals surface area contributed by atoms with Crippen molar-refractivity contribution in [1.82, 2.24) is 0 Å². The van der Waals surface area contributed by atoms with Crippen molar-refractivity contribution in [3.8, 4) is 0 Å². The van der Waals surface area contributed by atoms with Gasteiger partial charge in [0.05, 0.1) is 22.7 Å². The molecule has 166 valence electrons. The van der Waals surface area contributed by atoms with Crippen molar-refractivity contribution in [1.29, 1.82) is 0 Å². The molecule has 2 amide bonds. The molecule has 0 spiro atoms. The highest BCUT2D eigenvalue weighted by Gasteiger charge is 2.31. The highest BCUT2D eigenvalue weighted by molar-refractivity contribution is 6.33. The van der Waals surface area contributed by atoms with Gasteiger partial charge in [-0.1, -0.05) is 17.7 Å². The second-order valence-corrected chi connectivity index (χ2v) is 7.23. The lowest BCUT2D eigenvalue weighted by molar-refractivity contribution is -0.147. The minimum absolute atomic E-state index is 0.0769. The maximum atomic E-state index is 12.8. The average Bonchev–Trinajstić information content (AvgIpc) is 2.64. The number of aryl methyl sites for hydroxylation is 2. The van der Waals surface area contributed by atoms with Crippen molar-refractivity contribution < 1.29 is 32.3 Å². The van der Waals surface area contributed by atoms with Gasteiger partial charge in [0.15, 0.2) is 6.61 Å². The fourth-order valence-corrected chi connectivity index (χ4v) is 2.85. The molecule has 0 aliphatic rings. The van der Waals surface area contributed by atoms with Gasteiger partial charge in [0.2, 0.25) is 5.91 Å². The highest BCUT2D eigenvalue weighted by atomic mass is 35.5. The molecular formula is C21H20ClF3N2O4. The fraction of sp³-hybridized carbons (Fsp3) is 0.286. The monoisotopic (exact) mass is 456 g/mol. The molecular weight excluding hydrogens is 437 g/mol. The molecule has 10 heteroatoms. The fourth-order valence-electron chi connectivity index (χ4n) is 2.69. The van der Waals surface area contributed by atoms with Crippen LogP contribution in [0.25, 0.3) is 0 Å². The average molecular weight is 457 g/mol. The lowest BCUT2D eigenvalue weighted by Gasteiger charge is -2.11. The van der Waals surface area contributed by atoms with E-state index < -0.39 is 36.1 Å². The topological polar surface area (TPSA) is 84.5 Å². The van der Waals surface area contributed by atoms with Crippen molar-refractivity contribution in [2.24, 2.45) is 0 Å². The highest BCUT2D eigenvalue weighted by Crippen LogP contribution is 2.33. The van der Waals surface area contributed by atoms with Crippen LogP contribution in [0.4, 0.5) is 24.5 Å². The van der Waals surface area contributed by atoms with Crippen molar-refractivity contribution in [3.63, 3.8) is 0 Å². The molecule has 0 saturated heterocycles. The van der Waals surface area contributed by atoms with E-state index in [1.165, 1.54) is 0 Å². The maximum Gasteiger partial charge on any atom is 0.416 e. The van der Waals surface area contributed by atoms with Crippen LogP contribution in [0.15, 0.2) is 36.4 Å². The van der Waals surface area contributed by atoms with Crippen LogP contribution in [0.5, 0.6) is 0 Å². The van der Waals surface area contributed by atoms with Crippen LogP contribution in [-0.4, -0.2) is 24.4 Å². The molecule has 0 atom stereocenters. The third-order valence-corrected chi connectivity index (χ3v) is 4.32. The Morgan fingerprint density at radius 1 is 0.935 bits per heavy atom. The number of benzene rings is 2. The quantitative estimate of drug-likeness (QED) is 0.582. The van der Waals surface area contributed by atoms with Gasteiger partial charge in [-0.25, -0.2) is 0 Å². The summed E-state index contributed by atoms with van der Waals surface area (Å²) in [6, 6.07) is 7.97. The Bertz CT molecular complexity index is 973. The molecule has 0 fully saturated rings. The number of esters is 1. The number of amides is 2. The number of ether oxygens (including phenoxy) is 1. The van der Waals surface area contributed by atoms with Crippen LogP contribution in [0.3, 0.4) is 0 Å². The summed E-state index contributed by atoms with van der Waals surface area (Å²) in [5.41, 5.74) is 1.29. The summed E-state index contributed by atoms with van der Waals surface area (Å²) in [5, 5.41) is 4.75. The molecule has 6 nitrogen and oxygen atoms in total. The molecule has 0 bridgehead atoms. The first-order valence-electron chi connectivity index (χ1n) is 9.14. The molecule has 0 aliphatic heterocycles. The minimum atomic E-state index is -4.59. The molecule has 0 saturated carbocycles. The zero-order valence-corrected chi connectivity index (χ0v) is 17.5. The van der Waals surface area contributed by atoms with E-state index in [0.717, 1.165) is 23.3 Å². The van der Waals surface area contributed by atoms with Crippen LogP contribution < -0.4 is 10.6 Å². The first kappa shape index (κ1) is 24.2. The van der Waals surface area contributed by atoms with E-state index in [4.69, 9.17) is 16.3 Å². The number of anilines is 2. The van der Waals surface area contributed by atoms with E-state index in [1.54, 1.807) is 12.1 Å². The number of carbonyl (C=O) groups is 3. The Kier molecular flexibility index (Phi) is 8.04. The summed E-state index contributed by atoms with van der Waals surface area (Å²) >= 11 is 5.81. The second kappa shape index (κ2) is 10.3. The summed E-state index contributed by atoms with van der Waals surface area (Å²) in [6.45, 7) is 3.22. The van der Waals surface area contributed by atoms with Crippen LogP contribution in [0, 0.1) is 13.8 Å². The Balaban J connectivity index is 1.79.